The predicted octanol–water partition coefficient (Wildman–Crippen LogP) is 4.00. The van der Waals surface area contributed by atoms with Gasteiger partial charge >= 0.3 is 0 Å². The molecule has 0 bridgehead atoms. The Morgan fingerprint density at radius 3 is 2.48 bits per heavy atom. The zero-order valence-electron chi connectivity index (χ0n) is 18.9. The Morgan fingerprint density at radius 1 is 1.12 bits per heavy atom. The molecule has 176 valence electrons. The molecular weight excluding hydrogens is 465 g/mol. The van der Waals surface area contributed by atoms with Gasteiger partial charge in [-0.05, 0) is 54.8 Å². The van der Waals surface area contributed by atoms with Gasteiger partial charge in [-0.1, -0.05) is 43.1 Å². The van der Waals surface area contributed by atoms with Crippen LogP contribution < -0.4 is 9.64 Å². The van der Waals surface area contributed by atoms with Crippen LogP contribution in [-0.4, -0.2) is 60.4 Å². The topological polar surface area (TPSA) is 70.2 Å². The quantitative estimate of drug-likeness (QED) is 0.559. The number of ether oxygens (including phenoxy) is 1. The van der Waals surface area contributed by atoms with Gasteiger partial charge in [0, 0.05) is 22.3 Å². The summed E-state index contributed by atoms with van der Waals surface area (Å²) in [6, 6.07) is 12.0. The second-order valence-corrected chi connectivity index (χ2v) is 9.19. The van der Waals surface area contributed by atoms with Crippen molar-refractivity contribution in [3.63, 3.8) is 0 Å². The number of hydrogen-bond donors (Lipinski definition) is 0. The molecule has 7 nitrogen and oxygen atoms in total. The number of carbonyl (C=O) groups is 3. The van der Waals surface area contributed by atoms with Gasteiger partial charge in [0.25, 0.3) is 5.91 Å². The van der Waals surface area contributed by atoms with Gasteiger partial charge in [-0.2, -0.15) is 0 Å². The minimum absolute atomic E-state index is 0.0459. The molecule has 1 aliphatic rings. The highest BCUT2D eigenvalue weighted by molar-refractivity contribution is 6.32. The molecule has 1 saturated heterocycles. The predicted molar refractivity (Wildman–Crippen MR) is 129 cm³/mol. The number of nitrogens with zero attached hydrogens (tertiary/aromatic N) is 3. The first kappa shape index (κ1) is 24.9. The van der Waals surface area contributed by atoms with Crippen molar-refractivity contribution in [1.82, 2.24) is 9.80 Å². The Balaban J connectivity index is 1.64. The maximum Gasteiger partial charge on any atom is 0.260 e. The van der Waals surface area contributed by atoms with Gasteiger partial charge < -0.3 is 14.5 Å². The number of amides is 3. The summed E-state index contributed by atoms with van der Waals surface area (Å²) in [5.41, 5.74) is 1.45. The SMILES string of the molecule is Cc1c(Cl)cccc1N1CN(C(=O)CN(CC(C)C)C(=O)COc2ccc(Cl)cc2)CC1=O. The van der Waals surface area contributed by atoms with Crippen molar-refractivity contribution in [1.29, 1.82) is 0 Å². The van der Waals surface area contributed by atoms with Crippen molar-refractivity contribution in [3.05, 3.63) is 58.1 Å². The van der Waals surface area contributed by atoms with Crippen molar-refractivity contribution in [2.45, 2.75) is 20.8 Å². The van der Waals surface area contributed by atoms with Crippen LogP contribution in [0.4, 0.5) is 5.69 Å². The van der Waals surface area contributed by atoms with Crippen molar-refractivity contribution in [2.24, 2.45) is 5.92 Å². The van der Waals surface area contributed by atoms with E-state index in [4.69, 9.17) is 27.9 Å². The molecule has 3 amide bonds. The second kappa shape index (κ2) is 10.9. The van der Waals surface area contributed by atoms with E-state index in [2.05, 4.69) is 0 Å². The van der Waals surface area contributed by atoms with E-state index in [0.717, 1.165) is 5.56 Å². The van der Waals surface area contributed by atoms with Crippen LogP contribution in [0, 0.1) is 12.8 Å². The zero-order valence-corrected chi connectivity index (χ0v) is 20.4. The molecular formula is C24H27Cl2N3O4. The van der Waals surface area contributed by atoms with Crippen molar-refractivity contribution in [3.8, 4) is 5.75 Å². The molecule has 2 aromatic rings. The molecule has 0 radical (unpaired) electrons. The number of hydrogen-bond acceptors (Lipinski definition) is 4. The van der Waals surface area contributed by atoms with Crippen LogP contribution in [-0.2, 0) is 14.4 Å². The summed E-state index contributed by atoms with van der Waals surface area (Å²) in [7, 11) is 0. The summed E-state index contributed by atoms with van der Waals surface area (Å²) in [6.07, 6.45) is 0. The Morgan fingerprint density at radius 2 is 1.82 bits per heavy atom. The van der Waals surface area contributed by atoms with Gasteiger partial charge in [0.1, 0.15) is 19.0 Å². The molecule has 0 aromatic heterocycles. The third kappa shape index (κ3) is 6.39. The largest absolute Gasteiger partial charge is 0.484 e. The van der Waals surface area contributed by atoms with E-state index in [1.807, 2.05) is 20.8 Å². The van der Waals surface area contributed by atoms with Crippen molar-refractivity contribution < 1.29 is 19.1 Å². The van der Waals surface area contributed by atoms with E-state index in [1.54, 1.807) is 42.5 Å². The fraction of sp³-hybridized carbons (Fsp3) is 0.375. The van der Waals surface area contributed by atoms with Crippen LogP contribution in [0.1, 0.15) is 19.4 Å². The maximum absolute atomic E-state index is 13.0. The Bertz CT molecular complexity index is 1030. The minimum atomic E-state index is -0.305. The van der Waals surface area contributed by atoms with E-state index < -0.39 is 0 Å². The van der Waals surface area contributed by atoms with E-state index in [0.29, 0.717) is 28.0 Å². The van der Waals surface area contributed by atoms with Gasteiger partial charge in [-0.25, -0.2) is 0 Å². The van der Waals surface area contributed by atoms with E-state index in [-0.39, 0.29) is 50.0 Å². The highest BCUT2D eigenvalue weighted by Crippen LogP contribution is 2.28. The zero-order chi connectivity index (χ0) is 24.1. The molecule has 0 unspecified atom stereocenters. The number of anilines is 1. The molecule has 1 heterocycles. The third-order valence-corrected chi connectivity index (χ3v) is 5.92. The molecule has 0 aliphatic carbocycles. The Kier molecular flexibility index (Phi) is 8.21. The van der Waals surface area contributed by atoms with Crippen molar-refractivity contribution >= 4 is 46.6 Å². The van der Waals surface area contributed by atoms with Gasteiger partial charge in [-0.15, -0.1) is 0 Å². The lowest BCUT2D eigenvalue weighted by molar-refractivity contribution is -0.141. The summed E-state index contributed by atoms with van der Waals surface area (Å²) in [4.78, 5) is 42.9. The average Bonchev–Trinajstić information content (AvgIpc) is 3.15. The lowest BCUT2D eigenvalue weighted by atomic mass is 10.2. The Labute approximate surface area is 203 Å². The number of benzene rings is 2. The molecule has 2 aromatic carbocycles. The minimum Gasteiger partial charge on any atom is -0.484 e. The average molecular weight is 492 g/mol. The van der Waals surface area contributed by atoms with E-state index in [9.17, 15) is 14.4 Å². The normalized spacial score (nSPS) is 13.6. The molecule has 0 atom stereocenters. The van der Waals surface area contributed by atoms with Crippen LogP contribution in [0.3, 0.4) is 0 Å². The molecule has 0 N–H and O–H groups in total. The molecule has 1 fully saturated rings. The van der Waals surface area contributed by atoms with Crippen molar-refractivity contribution in [2.75, 3.05) is 37.8 Å². The standard InChI is InChI=1S/C24H27Cl2N3O4/c1-16(2)11-27(24(32)14-33-19-9-7-18(25)8-10-19)12-22(30)28-13-23(31)29(15-28)21-6-4-5-20(26)17(21)3/h4-10,16H,11-15H2,1-3H3. The molecule has 0 spiro atoms. The van der Waals surface area contributed by atoms with E-state index in [1.165, 1.54) is 14.7 Å². The van der Waals surface area contributed by atoms with Crippen LogP contribution in [0.5, 0.6) is 5.75 Å². The fourth-order valence-corrected chi connectivity index (χ4v) is 3.84. The van der Waals surface area contributed by atoms with Gasteiger partial charge in [-0.3, -0.25) is 19.3 Å². The third-order valence-electron chi connectivity index (χ3n) is 5.26. The number of halogens is 2. The number of carbonyl (C=O) groups excluding carboxylic acids is 3. The summed E-state index contributed by atoms with van der Waals surface area (Å²) in [6.45, 7) is 5.90. The lowest BCUT2D eigenvalue weighted by Gasteiger charge is -2.26. The van der Waals surface area contributed by atoms with Crippen LogP contribution >= 0.6 is 23.2 Å². The second-order valence-electron chi connectivity index (χ2n) is 8.35. The summed E-state index contributed by atoms with van der Waals surface area (Å²) in [5.74, 6) is -0.128. The summed E-state index contributed by atoms with van der Waals surface area (Å²) < 4.78 is 5.56. The van der Waals surface area contributed by atoms with E-state index >= 15 is 0 Å². The first-order chi connectivity index (χ1) is 15.7. The smallest absolute Gasteiger partial charge is 0.260 e. The van der Waals surface area contributed by atoms with Gasteiger partial charge in [0.05, 0.1) is 6.54 Å². The summed E-state index contributed by atoms with van der Waals surface area (Å²) in [5, 5.41) is 1.13. The maximum atomic E-state index is 13.0. The van der Waals surface area contributed by atoms with Crippen LogP contribution in [0.15, 0.2) is 42.5 Å². The lowest BCUT2D eigenvalue weighted by Crippen LogP contribution is -2.45. The Hall–Kier alpha value is -2.77. The molecule has 1 aliphatic heterocycles. The number of rotatable bonds is 8. The first-order valence-corrected chi connectivity index (χ1v) is 11.4. The van der Waals surface area contributed by atoms with Gasteiger partial charge in [0.2, 0.25) is 11.8 Å². The molecule has 0 saturated carbocycles. The highest BCUT2D eigenvalue weighted by Gasteiger charge is 2.34. The molecule has 33 heavy (non-hydrogen) atoms. The summed E-state index contributed by atoms with van der Waals surface area (Å²) >= 11 is 12.1. The monoisotopic (exact) mass is 491 g/mol. The molecule has 3 rings (SSSR count). The van der Waals surface area contributed by atoms with Gasteiger partial charge in [0.15, 0.2) is 6.61 Å². The van der Waals surface area contributed by atoms with Crippen LogP contribution in [0.2, 0.25) is 10.0 Å². The first-order valence-electron chi connectivity index (χ1n) is 10.6. The van der Waals surface area contributed by atoms with Crippen LogP contribution in [0.25, 0.3) is 0 Å². The molecule has 9 heteroatoms. The fourth-order valence-electron chi connectivity index (χ4n) is 3.54. The highest BCUT2D eigenvalue weighted by atomic mass is 35.5.